The lowest BCUT2D eigenvalue weighted by Gasteiger charge is -2.29. The molecule has 0 radical (unpaired) electrons. The molecule has 1 saturated carbocycles. The lowest BCUT2D eigenvalue weighted by Crippen LogP contribution is -2.47. The van der Waals surface area contributed by atoms with Crippen molar-refractivity contribution in [1.82, 2.24) is 15.3 Å². The first kappa shape index (κ1) is 29.2. The molecule has 2 aromatic heterocycles. The summed E-state index contributed by atoms with van der Waals surface area (Å²) in [5.74, 6) is -2.00. The number of amides is 1. The molecule has 0 aliphatic heterocycles. The van der Waals surface area contributed by atoms with Gasteiger partial charge in [0.05, 0.1) is 28.5 Å². The highest BCUT2D eigenvalue weighted by atomic mass is 35.5. The second-order valence-corrected chi connectivity index (χ2v) is 8.23. The van der Waals surface area contributed by atoms with Gasteiger partial charge < -0.3 is 26.6 Å². The Kier molecular flexibility index (Phi) is 11.8. The van der Waals surface area contributed by atoms with E-state index >= 15 is 0 Å². The summed E-state index contributed by atoms with van der Waals surface area (Å²) in [5, 5.41) is 11.9. The normalized spacial score (nSPS) is 14.0. The molecule has 0 bridgehead atoms. The van der Waals surface area contributed by atoms with Gasteiger partial charge in [0.25, 0.3) is 5.91 Å². The molecule has 1 atom stereocenters. The van der Waals surface area contributed by atoms with Crippen molar-refractivity contribution in [3.05, 3.63) is 46.0 Å². The summed E-state index contributed by atoms with van der Waals surface area (Å²) in [6.45, 7) is 0. The van der Waals surface area contributed by atoms with E-state index in [1.54, 1.807) is 0 Å². The van der Waals surface area contributed by atoms with Crippen molar-refractivity contribution in [1.29, 1.82) is 0 Å². The molecule has 6 N–H and O–H groups in total. The Morgan fingerprint density at radius 3 is 1.97 bits per heavy atom. The lowest BCUT2D eigenvalue weighted by atomic mass is 9.84. The molecule has 2 heterocycles. The van der Waals surface area contributed by atoms with Crippen LogP contribution in [0.15, 0.2) is 24.5 Å². The van der Waals surface area contributed by atoms with Crippen molar-refractivity contribution in [2.45, 2.75) is 38.1 Å². The minimum Gasteiger partial charge on any atom is -0.476 e. The molecular weight excluding hydrogens is 509 g/mol. The van der Waals surface area contributed by atoms with E-state index in [9.17, 15) is 14.4 Å². The highest BCUT2D eigenvalue weighted by Crippen LogP contribution is 2.27. The van der Waals surface area contributed by atoms with Crippen LogP contribution in [0.2, 0.25) is 10.0 Å². The van der Waals surface area contributed by atoms with Crippen LogP contribution in [0, 0.1) is 5.92 Å². The van der Waals surface area contributed by atoms with Gasteiger partial charge in [-0.2, -0.15) is 0 Å². The predicted molar refractivity (Wildman–Crippen MR) is 131 cm³/mol. The molecule has 1 fully saturated rings. The van der Waals surface area contributed by atoms with Crippen molar-refractivity contribution in [2.75, 3.05) is 18.6 Å². The first-order chi connectivity index (χ1) is 15.6. The molecule has 34 heavy (non-hydrogen) atoms. The summed E-state index contributed by atoms with van der Waals surface area (Å²) in [6, 6.07) is 2.13. The van der Waals surface area contributed by atoms with Crippen molar-refractivity contribution in [2.24, 2.45) is 5.92 Å². The number of carboxylic acid groups (broad SMARTS) is 1. The molecular formula is C21H26Cl3N5O5. The fourth-order valence-electron chi connectivity index (χ4n) is 3.45. The highest BCUT2D eigenvalue weighted by molar-refractivity contribution is 6.31. The molecule has 0 unspecified atom stereocenters. The van der Waals surface area contributed by atoms with Gasteiger partial charge in [-0.15, -0.1) is 12.4 Å². The third kappa shape index (κ3) is 8.19. The number of anilines is 2. The summed E-state index contributed by atoms with van der Waals surface area (Å²) in [7, 11) is 1.32. The minimum atomic E-state index is -1.15. The number of rotatable bonds is 5. The van der Waals surface area contributed by atoms with Crippen LogP contribution in [0.1, 0.15) is 53.1 Å². The summed E-state index contributed by atoms with van der Waals surface area (Å²) in [5.41, 5.74) is 11.2. The number of hydrogen-bond donors (Lipinski definition) is 4. The Hall–Kier alpha value is -2.82. The molecule has 1 aliphatic carbocycles. The molecule has 3 rings (SSSR count). The van der Waals surface area contributed by atoms with Crippen LogP contribution in [0.4, 0.5) is 11.4 Å². The number of esters is 1. The van der Waals surface area contributed by atoms with E-state index in [0.29, 0.717) is 10.0 Å². The number of nitrogens with zero attached hydrogens (tertiary/aromatic N) is 2. The van der Waals surface area contributed by atoms with Gasteiger partial charge in [-0.3, -0.25) is 4.79 Å². The minimum absolute atomic E-state index is 0. The standard InChI is InChI=1S/C15H20ClN3O3.C6H5ClN2O2.ClH/c1-22-15(21)12(9-5-3-2-4-6-9)19-14(20)13-11(17)7-10(16)8-18-13;7-3-1-4(8)5(6(10)11)9-2-3;/h7-9,12H,2-6,17H2,1H3,(H,19,20);1-2H,8H2,(H,10,11);1H/t12-;;/m0../s1. The summed E-state index contributed by atoms with van der Waals surface area (Å²) < 4.78 is 4.83. The van der Waals surface area contributed by atoms with Gasteiger partial charge in [-0.05, 0) is 30.9 Å². The average molecular weight is 535 g/mol. The number of nitrogens with two attached hydrogens (primary N) is 2. The van der Waals surface area contributed by atoms with Crippen molar-refractivity contribution in [3.63, 3.8) is 0 Å². The lowest BCUT2D eigenvalue weighted by molar-refractivity contribution is -0.144. The Bertz CT molecular complexity index is 1020. The zero-order valence-electron chi connectivity index (χ0n) is 18.3. The number of ether oxygens (including phenoxy) is 1. The predicted octanol–water partition coefficient (Wildman–Crippen LogP) is 3.61. The number of aromatic nitrogens is 2. The number of methoxy groups -OCH3 is 1. The largest absolute Gasteiger partial charge is 0.476 e. The van der Waals surface area contributed by atoms with Gasteiger partial charge in [0, 0.05) is 12.4 Å². The molecule has 0 saturated heterocycles. The van der Waals surface area contributed by atoms with Crippen LogP contribution in [0.5, 0.6) is 0 Å². The summed E-state index contributed by atoms with van der Waals surface area (Å²) >= 11 is 11.3. The van der Waals surface area contributed by atoms with Crippen molar-refractivity contribution < 1.29 is 24.2 Å². The van der Waals surface area contributed by atoms with E-state index in [4.69, 9.17) is 44.5 Å². The summed E-state index contributed by atoms with van der Waals surface area (Å²) in [4.78, 5) is 42.2. The van der Waals surface area contributed by atoms with Crippen molar-refractivity contribution in [3.8, 4) is 0 Å². The first-order valence-electron chi connectivity index (χ1n) is 10.1. The van der Waals surface area contributed by atoms with Crippen LogP contribution >= 0.6 is 35.6 Å². The first-order valence-corrected chi connectivity index (χ1v) is 10.8. The Morgan fingerprint density at radius 2 is 1.53 bits per heavy atom. The maximum Gasteiger partial charge on any atom is 0.356 e. The van der Waals surface area contributed by atoms with Gasteiger partial charge in [-0.25, -0.2) is 19.6 Å². The molecule has 1 aliphatic rings. The molecule has 10 nitrogen and oxygen atoms in total. The second kappa shape index (κ2) is 13.8. The number of hydrogen-bond acceptors (Lipinski definition) is 8. The maximum atomic E-state index is 12.3. The highest BCUT2D eigenvalue weighted by Gasteiger charge is 2.32. The number of carboxylic acids is 1. The Labute approximate surface area is 212 Å². The fraction of sp³-hybridized carbons (Fsp3) is 0.381. The smallest absolute Gasteiger partial charge is 0.356 e. The van der Waals surface area contributed by atoms with E-state index < -0.39 is 23.9 Å². The van der Waals surface area contributed by atoms with Gasteiger partial charge in [0.15, 0.2) is 11.4 Å². The summed E-state index contributed by atoms with van der Waals surface area (Å²) in [6.07, 6.45) is 7.63. The van der Waals surface area contributed by atoms with Crippen LogP contribution < -0.4 is 16.8 Å². The number of nitrogen functional groups attached to an aromatic ring is 2. The zero-order valence-corrected chi connectivity index (χ0v) is 20.6. The van der Waals surface area contributed by atoms with Crippen molar-refractivity contribution >= 4 is 64.8 Å². The average Bonchev–Trinajstić information content (AvgIpc) is 2.77. The molecule has 0 spiro atoms. The van der Waals surface area contributed by atoms with Crippen LogP contribution in [0.25, 0.3) is 0 Å². The SMILES string of the molecule is COC(=O)[C@@H](NC(=O)c1ncc(Cl)cc1N)C1CCCCC1.Cl.Nc1cc(Cl)cnc1C(=O)O. The third-order valence-electron chi connectivity index (χ3n) is 5.05. The van der Waals surface area contributed by atoms with Crippen LogP contribution in [0.3, 0.4) is 0 Å². The molecule has 1 amide bonds. The molecule has 13 heteroatoms. The third-order valence-corrected chi connectivity index (χ3v) is 5.46. The second-order valence-electron chi connectivity index (χ2n) is 7.36. The molecule has 0 aromatic carbocycles. The van der Waals surface area contributed by atoms with E-state index in [2.05, 4.69) is 15.3 Å². The number of pyridine rings is 2. The maximum absolute atomic E-state index is 12.3. The van der Waals surface area contributed by atoms with Crippen LogP contribution in [-0.2, 0) is 9.53 Å². The molecule has 2 aromatic rings. The quantitative estimate of drug-likeness (QED) is 0.418. The van der Waals surface area contributed by atoms with E-state index in [0.717, 1.165) is 32.1 Å². The number of nitrogens with one attached hydrogen (secondary N) is 1. The Morgan fingerprint density at radius 1 is 1.03 bits per heavy atom. The fourth-order valence-corrected chi connectivity index (χ4v) is 3.78. The monoisotopic (exact) mass is 533 g/mol. The number of carbonyl (C=O) groups is 3. The molecule has 186 valence electrons. The number of carbonyl (C=O) groups excluding carboxylic acids is 2. The Balaban J connectivity index is 0.000000407. The van der Waals surface area contributed by atoms with E-state index in [-0.39, 0.29) is 41.1 Å². The zero-order chi connectivity index (χ0) is 24.5. The van der Waals surface area contributed by atoms with Crippen LogP contribution in [-0.4, -0.2) is 46.1 Å². The topological polar surface area (TPSA) is 171 Å². The number of halogens is 3. The van der Waals surface area contributed by atoms with Gasteiger partial charge in [-0.1, -0.05) is 42.5 Å². The number of aromatic carboxylic acids is 1. The van der Waals surface area contributed by atoms with Gasteiger partial charge >= 0.3 is 11.9 Å². The van der Waals surface area contributed by atoms with E-state index in [1.807, 2.05) is 0 Å². The van der Waals surface area contributed by atoms with E-state index in [1.165, 1.54) is 31.6 Å². The van der Waals surface area contributed by atoms with Gasteiger partial charge in [0.2, 0.25) is 0 Å². The van der Waals surface area contributed by atoms with Gasteiger partial charge in [0.1, 0.15) is 6.04 Å².